The van der Waals surface area contributed by atoms with Gasteiger partial charge in [-0.05, 0) is 30.5 Å². The van der Waals surface area contributed by atoms with E-state index >= 15 is 0 Å². The van der Waals surface area contributed by atoms with Gasteiger partial charge in [0.1, 0.15) is 6.10 Å². The van der Waals surface area contributed by atoms with Crippen LogP contribution in [-0.4, -0.2) is 28.1 Å². The van der Waals surface area contributed by atoms with Crippen LogP contribution in [0.1, 0.15) is 35.0 Å². The number of rotatable bonds is 3. The largest absolute Gasteiger partial charge is 0.360 e. The minimum atomic E-state index is -0.581. The SMILES string of the molecule is O=C(NNC(=O)[C@H]1CC[C@@H](c2ccccc2)O1)c1cccnn1. The second-order valence-corrected chi connectivity index (χ2v) is 5.15. The first-order chi connectivity index (χ1) is 11.2. The maximum absolute atomic E-state index is 12.1. The Hall–Kier alpha value is -2.80. The lowest BCUT2D eigenvalue weighted by molar-refractivity contribution is -0.132. The lowest BCUT2D eigenvalue weighted by atomic mass is 10.1. The number of hydrogen-bond acceptors (Lipinski definition) is 5. The van der Waals surface area contributed by atoms with E-state index in [1.807, 2.05) is 30.3 Å². The number of ether oxygens (including phenoxy) is 1. The van der Waals surface area contributed by atoms with E-state index in [1.165, 1.54) is 12.3 Å². The number of aromatic nitrogens is 2. The van der Waals surface area contributed by atoms with Gasteiger partial charge in [0.15, 0.2) is 5.69 Å². The predicted molar refractivity (Wildman–Crippen MR) is 80.9 cm³/mol. The fraction of sp³-hybridized carbons (Fsp3) is 0.250. The van der Waals surface area contributed by atoms with Crippen LogP contribution >= 0.6 is 0 Å². The Balaban J connectivity index is 1.51. The molecular formula is C16H16N4O3. The molecule has 0 bridgehead atoms. The topological polar surface area (TPSA) is 93.2 Å². The Kier molecular flexibility index (Phi) is 4.58. The first-order valence-electron chi connectivity index (χ1n) is 7.32. The number of amides is 2. The molecule has 2 heterocycles. The van der Waals surface area contributed by atoms with Crippen molar-refractivity contribution in [1.82, 2.24) is 21.0 Å². The molecule has 1 aromatic heterocycles. The van der Waals surface area contributed by atoms with Gasteiger partial charge < -0.3 is 4.74 Å². The van der Waals surface area contributed by atoms with Gasteiger partial charge in [-0.2, -0.15) is 5.10 Å². The number of benzene rings is 1. The standard InChI is InChI=1S/C16H16N4O3/c21-15(12-7-4-10-17-18-12)19-20-16(22)14-9-8-13(23-14)11-5-2-1-3-6-11/h1-7,10,13-14H,8-9H2,(H,19,21)(H,20,22)/t13-,14+/m0/s1. The second-order valence-electron chi connectivity index (χ2n) is 5.15. The van der Waals surface area contributed by atoms with Crippen molar-refractivity contribution < 1.29 is 14.3 Å². The normalized spacial score (nSPS) is 20.0. The van der Waals surface area contributed by atoms with E-state index in [0.29, 0.717) is 6.42 Å². The maximum Gasteiger partial charge on any atom is 0.290 e. The molecule has 2 atom stereocenters. The Morgan fingerprint density at radius 1 is 1.04 bits per heavy atom. The molecular weight excluding hydrogens is 296 g/mol. The van der Waals surface area contributed by atoms with E-state index in [4.69, 9.17) is 4.74 Å². The average Bonchev–Trinajstić information content (AvgIpc) is 3.11. The van der Waals surface area contributed by atoms with Crippen molar-refractivity contribution >= 4 is 11.8 Å². The average molecular weight is 312 g/mol. The van der Waals surface area contributed by atoms with Crippen LogP contribution in [0.5, 0.6) is 0 Å². The lowest BCUT2D eigenvalue weighted by Gasteiger charge is -2.14. The molecule has 7 heteroatoms. The van der Waals surface area contributed by atoms with Gasteiger partial charge in [0, 0.05) is 6.20 Å². The van der Waals surface area contributed by atoms with Gasteiger partial charge in [-0.1, -0.05) is 30.3 Å². The van der Waals surface area contributed by atoms with Gasteiger partial charge in [0.05, 0.1) is 6.10 Å². The van der Waals surface area contributed by atoms with Gasteiger partial charge in [0.2, 0.25) is 0 Å². The minimum absolute atomic E-state index is 0.0948. The first-order valence-corrected chi connectivity index (χ1v) is 7.32. The third-order valence-corrected chi connectivity index (χ3v) is 3.59. The molecule has 1 fully saturated rings. The van der Waals surface area contributed by atoms with Crippen molar-refractivity contribution in [3.05, 3.63) is 59.9 Å². The maximum atomic E-state index is 12.1. The summed E-state index contributed by atoms with van der Waals surface area (Å²) in [5.74, 6) is -0.898. The van der Waals surface area contributed by atoms with E-state index in [2.05, 4.69) is 21.0 Å². The van der Waals surface area contributed by atoms with Crippen LogP contribution in [-0.2, 0) is 9.53 Å². The molecule has 2 aromatic rings. The van der Waals surface area contributed by atoms with Crippen LogP contribution in [0.3, 0.4) is 0 Å². The minimum Gasteiger partial charge on any atom is -0.360 e. The smallest absolute Gasteiger partial charge is 0.290 e. The molecule has 23 heavy (non-hydrogen) atoms. The van der Waals surface area contributed by atoms with Crippen molar-refractivity contribution in [2.75, 3.05) is 0 Å². The highest BCUT2D eigenvalue weighted by atomic mass is 16.5. The van der Waals surface area contributed by atoms with Crippen molar-refractivity contribution in [2.45, 2.75) is 25.0 Å². The van der Waals surface area contributed by atoms with Gasteiger partial charge in [0.25, 0.3) is 11.8 Å². The molecule has 0 saturated carbocycles. The molecule has 1 aliphatic heterocycles. The number of carbonyl (C=O) groups excluding carboxylic acids is 2. The van der Waals surface area contributed by atoms with Crippen molar-refractivity contribution in [1.29, 1.82) is 0 Å². The number of carbonyl (C=O) groups is 2. The third-order valence-electron chi connectivity index (χ3n) is 3.59. The zero-order chi connectivity index (χ0) is 16.1. The summed E-state index contributed by atoms with van der Waals surface area (Å²) in [5.41, 5.74) is 5.85. The highest BCUT2D eigenvalue weighted by Gasteiger charge is 2.31. The number of hydrazine groups is 1. The van der Waals surface area contributed by atoms with Crippen LogP contribution in [0.4, 0.5) is 0 Å². The third kappa shape index (κ3) is 3.70. The molecule has 0 aliphatic carbocycles. The van der Waals surface area contributed by atoms with Crippen LogP contribution in [0, 0.1) is 0 Å². The van der Waals surface area contributed by atoms with Gasteiger partial charge in [-0.3, -0.25) is 20.4 Å². The highest BCUT2D eigenvalue weighted by Crippen LogP contribution is 2.32. The van der Waals surface area contributed by atoms with E-state index in [1.54, 1.807) is 6.07 Å². The summed E-state index contributed by atoms with van der Waals surface area (Å²) >= 11 is 0. The summed E-state index contributed by atoms with van der Waals surface area (Å²) in [6.45, 7) is 0. The first kappa shape index (κ1) is 15.1. The fourth-order valence-corrected chi connectivity index (χ4v) is 2.43. The van der Waals surface area contributed by atoms with Crippen LogP contribution in [0.25, 0.3) is 0 Å². The van der Waals surface area contributed by atoms with E-state index in [9.17, 15) is 9.59 Å². The van der Waals surface area contributed by atoms with Crippen molar-refractivity contribution in [3.63, 3.8) is 0 Å². The number of hydrogen-bond donors (Lipinski definition) is 2. The van der Waals surface area contributed by atoms with Crippen LogP contribution in [0.15, 0.2) is 48.7 Å². The molecule has 3 rings (SSSR count). The molecule has 1 aromatic carbocycles. The monoisotopic (exact) mass is 312 g/mol. The molecule has 0 unspecified atom stereocenters. The van der Waals surface area contributed by atoms with Gasteiger partial charge in [-0.15, -0.1) is 5.10 Å². The zero-order valence-corrected chi connectivity index (χ0v) is 12.3. The summed E-state index contributed by atoms with van der Waals surface area (Å²) in [7, 11) is 0. The molecule has 0 radical (unpaired) electrons. The van der Waals surface area contributed by atoms with Gasteiger partial charge >= 0.3 is 0 Å². The van der Waals surface area contributed by atoms with Gasteiger partial charge in [-0.25, -0.2) is 0 Å². The molecule has 2 amide bonds. The summed E-state index contributed by atoms with van der Waals surface area (Å²) in [6.07, 6.45) is 2.16. The Labute approximate surface area is 133 Å². The summed E-state index contributed by atoms with van der Waals surface area (Å²) < 4.78 is 5.76. The van der Waals surface area contributed by atoms with Crippen molar-refractivity contribution in [2.24, 2.45) is 0 Å². The molecule has 1 aliphatic rings. The number of nitrogens with one attached hydrogen (secondary N) is 2. The molecule has 0 spiro atoms. The van der Waals surface area contributed by atoms with Crippen LogP contribution in [0.2, 0.25) is 0 Å². The molecule has 7 nitrogen and oxygen atoms in total. The van der Waals surface area contributed by atoms with E-state index in [-0.39, 0.29) is 17.7 Å². The second kappa shape index (κ2) is 6.97. The Bertz CT molecular complexity index is 678. The molecule has 1 saturated heterocycles. The van der Waals surface area contributed by atoms with Crippen LogP contribution < -0.4 is 10.9 Å². The fourth-order valence-electron chi connectivity index (χ4n) is 2.43. The Morgan fingerprint density at radius 3 is 2.61 bits per heavy atom. The predicted octanol–water partition coefficient (Wildman–Crippen LogP) is 1.16. The molecule has 2 N–H and O–H groups in total. The van der Waals surface area contributed by atoms with E-state index < -0.39 is 12.0 Å². The van der Waals surface area contributed by atoms with E-state index in [0.717, 1.165) is 12.0 Å². The summed E-state index contributed by atoms with van der Waals surface area (Å²) in [5, 5.41) is 7.27. The summed E-state index contributed by atoms with van der Waals surface area (Å²) in [4.78, 5) is 23.9. The summed E-state index contributed by atoms with van der Waals surface area (Å²) in [6, 6.07) is 12.9. The van der Waals surface area contributed by atoms with Crippen molar-refractivity contribution in [3.8, 4) is 0 Å². The lowest BCUT2D eigenvalue weighted by Crippen LogP contribution is -2.46. The zero-order valence-electron chi connectivity index (χ0n) is 12.3. The Morgan fingerprint density at radius 2 is 1.87 bits per heavy atom. The highest BCUT2D eigenvalue weighted by molar-refractivity contribution is 5.93. The number of nitrogens with zero attached hydrogens (tertiary/aromatic N) is 2. The quantitative estimate of drug-likeness (QED) is 0.830. The molecule has 118 valence electrons.